The van der Waals surface area contributed by atoms with Gasteiger partial charge in [-0.05, 0) is 18.9 Å². The van der Waals surface area contributed by atoms with Crippen molar-refractivity contribution in [2.45, 2.75) is 31.2 Å². The van der Waals surface area contributed by atoms with E-state index in [1.54, 1.807) is 6.07 Å². The molecule has 0 radical (unpaired) electrons. The highest BCUT2D eigenvalue weighted by Crippen LogP contribution is 2.42. The highest BCUT2D eigenvalue weighted by Gasteiger charge is 2.59. The van der Waals surface area contributed by atoms with Crippen molar-refractivity contribution in [2.24, 2.45) is 17.7 Å². The zero-order valence-corrected chi connectivity index (χ0v) is 22.7. The molecular weight excluding hydrogens is 597 g/mol. The van der Waals surface area contributed by atoms with Gasteiger partial charge in [0.1, 0.15) is 12.2 Å². The summed E-state index contributed by atoms with van der Waals surface area (Å²) in [6.07, 6.45) is -2.84. The minimum Gasteiger partial charge on any atom is -0.429 e. The quantitative estimate of drug-likeness (QED) is 0.206. The molecule has 2 bridgehead atoms. The number of ketones is 2. The summed E-state index contributed by atoms with van der Waals surface area (Å²) in [6.45, 7) is -0.681. The van der Waals surface area contributed by atoms with E-state index in [2.05, 4.69) is 5.43 Å². The topological polar surface area (TPSA) is 173 Å². The standard InChI is InChI=1S/C26H25F3N6O9/c27-26(28,29)24(40)42-17-8-7-16-19(22(38)15-6-2-1-5-14(15)21(16)37)20(17)34(30)33-11-4-12-41-44-23(39)25-9-3-10-32(25)35(33)31-13-18(36)43-25/h1-2,5-8,16,19,31H,3-4,9-13,30H2/t16?,19?,25-/m1/s1. The molecule has 4 atom stereocenters. The van der Waals surface area contributed by atoms with Crippen LogP contribution in [0.3, 0.4) is 0 Å². The van der Waals surface area contributed by atoms with E-state index in [-0.39, 0.29) is 43.7 Å². The molecular formula is C26H25F3N6O9. The van der Waals surface area contributed by atoms with Gasteiger partial charge in [0.05, 0.1) is 18.4 Å². The monoisotopic (exact) mass is 622 g/mol. The number of carbonyl (C=O) groups excluding carboxylic acids is 5. The number of rotatable bonds is 3. The molecule has 6 rings (SSSR count). The van der Waals surface area contributed by atoms with Crippen LogP contribution in [0.4, 0.5) is 13.2 Å². The number of carbonyl (C=O) groups is 5. The Labute approximate surface area is 246 Å². The first-order valence-corrected chi connectivity index (χ1v) is 13.5. The number of nitrogens with two attached hydrogens (primary N) is 1. The van der Waals surface area contributed by atoms with Crippen molar-refractivity contribution < 1.29 is 56.4 Å². The lowest BCUT2D eigenvalue weighted by Crippen LogP contribution is -2.71. The van der Waals surface area contributed by atoms with E-state index >= 15 is 0 Å². The number of nitrogens with zero attached hydrogens (tertiary/aromatic N) is 4. The van der Waals surface area contributed by atoms with Gasteiger partial charge in [-0.3, -0.25) is 19.3 Å². The highest BCUT2D eigenvalue weighted by atomic mass is 19.4. The lowest BCUT2D eigenvalue weighted by Gasteiger charge is -2.48. The van der Waals surface area contributed by atoms with Gasteiger partial charge in [0.15, 0.2) is 17.3 Å². The first kappa shape index (κ1) is 29.9. The van der Waals surface area contributed by atoms with Crippen molar-refractivity contribution in [1.82, 2.24) is 25.9 Å². The minimum absolute atomic E-state index is 0.00371. The molecule has 0 aromatic heterocycles. The number of ether oxygens (including phenoxy) is 2. The molecule has 0 amide bonds. The summed E-state index contributed by atoms with van der Waals surface area (Å²) in [6, 6.07) is 5.94. The number of halogens is 3. The molecule has 3 aliphatic heterocycles. The largest absolute Gasteiger partial charge is 0.491 e. The Morgan fingerprint density at radius 2 is 1.82 bits per heavy atom. The van der Waals surface area contributed by atoms with Gasteiger partial charge in [0.25, 0.3) is 5.72 Å². The number of Topliss-reactive ketones (excluding diaryl/α,β-unsaturated/α-hetero) is 2. The van der Waals surface area contributed by atoms with Crippen LogP contribution in [0.15, 0.2) is 47.9 Å². The summed E-state index contributed by atoms with van der Waals surface area (Å²) in [5.41, 5.74) is 0.451. The van der Waals surface area contributed by atoms with Gasteiger partial charge in [0, 0.05) is 30.6 Å². The molecule has 3 fully saturated rings. The molecule has 0 spiro atoms. The van der Waals surface area contributed by atoms with Crippen LogP contribution in [0.5, 0.6) is 0 Å². The Balaban J connectivity index is 1.48. The second-order valence-electron chi connectivity index (χ2n) is 10.4. The zero-order chi connectivity index (χ0) is 31.4. The molecule has 5 aliphatic rings. The van der Waals surface area contributed by atoms with Crippen molar-refractivity contribution in [1.29, 1.82) is 0 Å². The molecule has 1 aromatic rings. The maximum Gasteiger partial charge on any atom is 0.491 e. The first-order valence-electron chi connectivity index (χ1n) is 13.5. The van der Waals surface area contributed by atoms with Gasteiger partial charge >= 0.3 is 24.1 Å². The molecule has 15 nitrogen and oxygen atoms in total. The van der Waals surface area contributed by atoms with Crippen molar-refractivity contribution in [3.63, 3.8) is 0 Å². The van der Waals surface area contributed by atoms with Crippen LogP contribution in [0.1, 0.15) is 40.0 Å². The summed E-state index contributed by atoms with van der Waals surface area (Å²) in [5.74, 6) is -2.47. The fourth-order valence-electron chi connectivity index (χ4n) is 5.87. The van der Waals surface area contributed by atoms with Crippen LogP contribution in [0, 0.1) is 11.8 Å². The summed E-state index contributed by atoms with van der Waals surface area (Å²) >= 11 is 0. The Hall–Kier alpha value is -4.20. The lowest BCUT2D eigenvalue weighted by molar-refractivity contribution is -0.357. The third kappa shape index (κ3) is 4.84. The van der Waals surface area contributed by atoms with Gasteiger partial charge < -0.3 is 9.47 Å². The van der Waals surface area contributed by atoms with E-state index in [0.29, 0.717) is 6.42 Å². The second-order valence-corrected chi connectivity index (χ2v) is 10.4. The molecule has 2 aliphatic carbocycles. The minimum atomic E-state index is -5.41. The zero-order valence-electron chi connectivity index (χ0n) is 22.7. The highest BCUT2D eigenvalue weighted by molar-refractivity contribution is 6.17. The van der Waals surface area contributed by atoms with Crippen LogP contribution in [0.2, 0.25) is 0 Å². The molecule has 18 heteroatoms. The van der Waals surface area contributed by atoms with Gasteiger partial charge in [-0.25, -0.2) is 26.0 Å². The van der Waals surface area contributed by atoms with Gasteiger partial charge in [0.2, 0.25) is 0 Å². The summed E-state index contributed by atoms with van der Waals surface area (Å²) in [5, 5.41) is 4.39. The van der Waals surface area contributed by atoms with Crippen molar-refractivity contribution in [2.75, 3.05) is 26.2 Å². The summed E-state index contributed by atoms with van der Waals surface area (Å²) < 4.78 is 50.3. The van der Waals surface area contributed by atoms with Crippen molar-refractivity contribution in [3.8, 4) is 0 Å². The molecule has 1 aromatic carbocycles. The Kier molecular flexibility index (Phi) is 7.50. The summed E-state index contributed by atoms with van der Waals surface area (Å²) in [4.78, 5) is 75.1. The number of alkyl halides is 3. The number of allylic oxidation sites excluding steroid dienone is 3. The van der Waals surface area contributed by atoms with Crippen LogP contribution in [-0.4, -0.2) is 88.1 Å². The van der Waals surface area contributed by atoms with Gasteiger partial charge in [-0.15, -0.1) is 5.12 Å². The fraction of sp³-hybridized carbons (Fsp3) is 0.423. The Morgan fingerprint density at radius 1 is 1.09 bits per heavy atom. The van der Waals surface area contributed by atoms with Crippen LogP contribution in [-0.2, 0) is 33.6 Å². The average Bonchev–Trinajstić information content (AvgIpc) is 3.35. The number of esters is 2. The Bertz CT molecular complexity index is 1500. The number of hydrogen-bond acceptors (Lipinski definition) is 15. The van der Waals surface area contributed by atoms with E-state index < -0.39 is 71.2 Å². The summed E-state index contributed by atoms with van der Waals surface area (Å²) in [7, 11) is 0. The second kappa shape index (κ2) is 11.1. The third-order valence-electron chi connectivity index (χ3n) is 7.77. The van der Waals surface area contributed by atoms with Gasteiger partial charge in [-0.2, -0.15) is 23.1 Å². The molecule has 3 N–H and O–H groups in total. The smallest absolute Gasteiger partial charge is 0.429 e. The number of benzene rings is 1. The van der Waals surface area contributed by atoms with Crippen LogP contribution in [0.25, 0.3) is 0 Å². The average molecular weight is 623 g/mol. The first-order chi connectivity index (χ1) is 20.9. The van der Waals surface area contributed by atoms with Crippen molar-refractivity contribution in [3.05, 3.63) is 59.0 Å². The number of hydrogen-bond donors (Lipinski definition) is 2. The molecule has 234 valence electrons. The molecule has 44 heavy (non-hydrogen) atoms. The van der Waals surface area contributed by atoms with Crippen LogP contribution >= 0.6 is 0 Å². The van der Waals surface area contributed by atoms with Crippen molar-refractivity contribution >= 4 is 29.5 Å². The predicted molar refractivity (Wildman–Crippen MR) is 134 cm³/mol. The van der Waals surface area contributed by atoms with E-state index in [9.17, 15) is 37.1 Å². The normalized spacial score (nSPS) is 29.6. The molecule has 3 saturated heterocycles. The maximum atomic E-state index is 13.9. The molecule has 3 unspecified atom stereocenters. The fourth-order valence-corrected chi connectivity index (χ4v) is 5.87. The number of fused-ring (bicyclic) bond motifs is 2. The lowest BCUT2D eigenvalue weighted by atomic mass is 9.70. The maximum absolute atomic E-state index is 13.9. The Morgan fingerprint density at radius 3 is 2.55 bits per heavy atom. The number of nitrogens with one attached hydrogen (secondary N) is 1. The van der Waals surface area contributed by atoms with Crippen LogP contribution < -0.4 is 11.3 Å². The van der Waals surface area contributed by atoms with E-state index in [1.807, 2.05) is 0 Å². The van der Waals surface area contributed by atoms with E-state index in [4.69, 9.17) is 25.1 Å². The van der Waals surface area contributed by atoms with E-state index in [1.165, 1.54) is 34.4 Å². The molecule has 0 saturated carbocycles. The SMILES string of the molecule is NN(C1=C(OC(=O)C(F)(F)F)C=CC2C(=O)c3ccccc3C(=O)C12)N1CCCOOC(=O)[C@]23CCCN2N1NCC(=O)O3. The van der Waals surface area contributed by atoms with E-state index in [0.717, 1.165) is 16.4 Å². The number of hydrazine groups is 5. The third-order valence-corrected chi connectivity index (χ3v) is 7.77. The molecule has 3 heterocycles. The predicted octanol–water partition coefficient (Wildman–Crippen LogP) is 0.442. The van der Waals surface area contributed by atoms with Gasteiger partial charge in [-0.1, -0.05) is 35.6 Å².